The van der Waals surface area contributed by atoms with Crippen LogP contribution in [0.5, 0.6) is 0 Å². The normalized spacial score (nSPS) is 31.8. The second-order valence-corrected chi connectivity index (χ2v) is 31.3. The van der Waals surface area contributed by atoms with Crippen LogP contribution >= 0.6 is 0 Å². The maximum absolute atomic E-state index is 12.4. The van der Waals surface area contributed by atoms with Crippen molar-refractivity contribution in [3.05, 3.63) is 0 Å². The van der Waals surface area contributed by atoms with Crippen LogP contribution in [0.4, 0.5) is 0 Å². The zero-order valence-electron chi connectivity index (χ0n) is 60.7. The maximum atomic E-state index is 12.4. The molecule has 0 saturated carbocycles. The smallest absolute Gasteiger partial charge is 0.242 e. The summed E-state index contributed by atoms with van der Waals surface area (Å²) >= 11 is 0. The molecule has 0 aromatic carbocycles. The van der Waals surface area contributed by atoms with Gasteiger partial charge in [-0.15, -0.1) is 0 Å². The van der Waals surface area contributed by atoms with Crippen molar-refractivity contribution in [2.24, 2.45) is 49.7 Å². The molecule has 0 radical (unpaired) electrons. The molecule has 14 rings (SSSR count). The zero-order valence-corrected chi connectivity index (χ0v) is 60.7. The topological polar surface area (TPSA) is 374 Å². The first-order valence-corrected chi connectivity index (χ1v) is 35.4. The van der Waals surface area contributed by atoms with Gasteiger partial charge in [-0.3, -0.25) is 76.7 Å². The van der Waals surface area contributed by atoms with Gasteiger partial charge in [0.2, 0.25) is 88.6 Å². The molecule has 6 N–H and O–H groups in total. The van der Waals surface area contributed by atoms with Crippen LogP contribution in [-0.2, 0) is 76.7 Å². The van der Waals surface area contributed by atoms with Gasteiger partial charge < -0.3 is 76.0 Å². The number of amides is 15. The van der Waals surface area contributed by atoms with Crippen molar-refractivity contribution in [3.8, 4) is 0 Å². The molecule has 8 atom stereocenters. The van der Waals surface area contributed by atoms with Crippen molar-refractivity contribution in [1.29, 1.82) is 0 Å². The Balaban J connectivity index is 0.000000149. The average molecular weight is 1400 g/mol. The van der Waals surface area contributed by atoms with Gasteiger partial charge in [-0.2, -0.15) is 0 Å². The molecular formula is C69H107N15O16. The van der Waals surface area contributed by atoms with E-state index in [1.165, 1.54) is 11.8 Å². The summed E-state index contributed by atoms with van der Waals surface area (Å²) in [6, 6.07) is -0.437. The number of nitrogens with one attached hydrogen (secondary N) is 6. The Kier molecular flexibility index (Phi) is 23.6. The minimum Gasteiger partial charge on any atom is -0.357 e. The van der Waals surface area contributed by atoms with Gasteiger partial charge in [0.15, 0.2) is 0 Å². The largest absolute Gasteiger partial charge is 0.357 e. The predicted molar refractivity (Wildman–Crippen MR) is 360 cm³/mol. The number of nitrogens with zero attached hydrogens (tertiary/aromatic N) is 9. The number of carbonyl (C=O) groups is 16. The van der Waals surface area contributed by atoms with Crippen molar-refractivity contribution in [1.82, 2.24) is 76.0 Å². The molecule has 0 bridgehead atoms. The number of likely N-dealkylation sites (N-methyl/N-ethyl adjacent to an activating group) is 1. The summed E-state index contributed by atoms with van der Waals surface area (Å²) in [5.41, 5.74) is -2.66. The van der Waals surface area contributed by atoms with Crippen molar-refractivity contribution in [2.45, 2.75) is 137 Å². The van der Waals surface area contributed by atoms with Gasteiger partial charge in [-0.05, 0) is 70.6 Å². The number of rotatable bonds is 8. The minimum atomic E-state index is -0.552. The highest BCUT2D eigenvalue weighted by molar-refractivity contribution is 6.00. The second kappa shape index (κ2) is 30.5. The molecule has 15 amide bonds. The number of ketones is 1. The van der Waals surface area contributed by atoms with Gasteiger partial charge in [0, 0.05) is 192 Å². The second-order valence-electron chi connectivity index (χ2n) is 31.3. The Labute approximate surface area is 585 Å². The first kappa shape index (κ1) is 77.5. The molecule has 31 nitrogen and oxygen atoms in total. The van der Waals surface area contributed by atoms with Gasteiger partial charge in [0.25, 0.3) is 0 Å². The van der Waals surface area contributed by atoms with Crippen molar-refractivity contribution in [2.75, 3.05) is 154 Å². The van der Waals surface area contributed by atoms with E-state index < -0.39 is 16.9 Å². The Morgan fingerprint density at radius 1 is 0.400 bits per heavy atom. The molecular weight excluding hydrogens is 1290 g/mol. The highest BCUT2D eigenvalue weighted by Gasteiger charge is 2.60. The van der Waals surface area contributed by atoms with Crippen LogP contribution in [0.15, 0.2) is 0 Å². The van der Waals surface area contributed by atoms with E-state index in [-0.39, 0.29) is 147 Å². The molecule has 0 aromatic rings. The summed E-state index contributed by atoms with van der Waals surface area (Å²) in [4.78, 5) is 199. The van der Waals surface area contributed by atoms with Crippen molar-refractivity contribution >= 4 is 94.4 Å². The van der Waals surface area contributed by atoms with E-state index >= 15 is 0 Å². The van der Waals surface area contributed by atoms with Crippen LogP contribution < -0.4 is 31.9 Å². The zero-order chi connectivity index (χ0) is 73.8. The quantitative estimate of drug-likeness (QED) is 0.139. The Morgan fingerprint density at radius 2 is 0.730 bits per heavy atom. The molecule has 14 fully saturated rings. The van der Waals surface area contributed by atoms with Gasteiger partial charge in [0.05, 0.1) is 44.4 Å². The first-order valence-electron chi connectivity index (χ1n) is 35.4. The molecule has 14 saturated heterocycles. The van der Waals surface area contributed by atoms with Crippen LogP contribution in [0.1, 0.15) is 131 Å². The Morgan fingerprint density at radius 3 is 1.00 bits per heavy atom. The number of hydrogen-bond acceptors (Lipinski definition) is 16. The predicted octanol–water partition coefficient (Wildman–Crippen LogP) is -2.32. The average Bonchev–Trinajstić information content (AvgIpc) is 0.790. The first-order chi connectivity index (χ1) is 46.9. The van der Waals surface area contributed by atoms with Crippen LogP contribution in [-0.4, -0.2) is 298 Å². The van der Waals surface area contributed by atoms with Crippen molar-refractivity contribution in [3.63, 3.8) is 0 Å². The van der Waals surface area contributed by atoms with Crippen LogP contribution in [0.2, 0.25) is 0 Å². The highest BCUT2D eigenvalue weighted by Crippen LogP contribution is 2.46. The number of likely N-dealkylation sites (tertiary alicyclic amines) is 9. The number of piperidine rings is 7. The third kappa shape index (κ3) is 15.9. The molecule has 14 aliphatic heterocycles. The van der Waals surface area contributed by atoms with Gasteiger partial charge in [0.1, 0.15) is 11.8 Å². The molecule has 554 valence electrons. The maximum Gasteiger partial charge on any atom is 0.242 e. The van der Waals surface area contributed by atoms with E-state index in [0.29, 0.717) is 96.7 Å². The fourth-order valence-corrected chi connectivity index (χ4v) is 17.0. The molecule has 31 heteroatoms. The fraction of sp³-hybridized carbons (Fsp3) is 0.768. The molecule has 0 aromatic heterocycles. The third-order valence-electron chi connectivity index (χ3n) is 22.5. The molecule has 14 aliphatic rings. The van der Waals surface area contributed by atoms with Crippen LogP contribution in [0.25, 0.3) is 0 Å². The van der Waals surface area contributed by atoms with E-state index in [0.717, 1.165) is 91.0 Å². The number of hydrogen-bond donors (Lipinski definition) is 6. The standard InChI is InChI=1S/C13H21N3O3.C11H18N2O2.C10H14N2O3.C10H16N2O2.C9H14N2O2.2C8H12N2O2/c1-8(2)10(11(18)14-3)16-7-13(12(16)19)4-5-15-9(17)6-13;1-8(2)6-13-7-11(10(13)15)3-4-12-9(14)5-11;1-7(13)5-12-6-10(9(12)15)2-3-11-8(14)4-10;1-3-12-5-4-10(6-8(12)13)7-11(2)9(10)14;1-10-4-3-9(5-7(10)12)6-11(2)8(9)13;2*1-10-5-8(7(10)12)2-3-9-6(11)4-8/h8,10H,4-7H2,1-3H3,(H,14,18)(H,15,17);8H,3-7H2,1-2H3,(H,12,14);2-6H2,1H3,(H,11,14);3-7H2,1-2H3;3-6H2,1-2H3;2*2-5H2,1H3,(H,9,11)/t10-,13?;;;;;;/m0....../s1. The lowest BCUT2D eigenvalue weighted by atomic mass is 9.70. The van der Waals surface area contributed by atoms with Crippen LogP contribution in [0, 0.1) is 49.7 Å². The lowest BCUT2D eigenvalue weighted by molar-refractivity contribution is -0.174. The molecule has 14 heterocycles. The van der Waals surface area contributed by atoms with Gasteiger partial charge in [-0.1, -0.05) is 27.7 Å². The fourth-order valence-electron chi connectivity index (χ4n) is 17.0. The summed E-state index contributed by atoms with van der Waals surface area (Å²) in [5, 5.41) is 16.3. The number of carbonyl (C=O) groups excluding carboxylic acids is 16. The lowest BCUT2D eigenvalue weighted by Crippen LogP contribution is -2.70. The third-order valence-corrected chi connectivity index (χ3v) is 22.5. The Hall–Kier alpha value is -8.28. The SMILES string of the molecule is CC(=O)CN1CC2(CCNC(=O)C2)C1=O.CC(C)CN1CC2(CCNC(=O)C2)C1=O.CCN1CCC2(CC1=O)CN(C)C2=O.CN1CC2(CCNC(=O)C2)C1=O.CN1CC2(CCNC(=O)C2)C1=O.CN1CCC2(CC1=O)CN(C)C2=O.CNC(=O)[C@H](C(C)C)N1CC2(CCNC(=O)C2)C1=O. The summed E-state index contributed by atoms with van der Waals surface area (Å²) < 4.78 is 0. The van der Waals surface area contributed by atoms with E-state index in [9.17, 15) is 76.7 Å². The monoisotopic (exact) mass is 1400 g/mol. The van der Waals surface area contributed by atoms with Crippen LogP contribution in [0.3, 0.4) is 0 Å². The molecule has 7 spiro atoms. The van der Waals surface area contributed by atoms with E-state index in [2.05, 4.69) is 45.7 Å². The minimum absolute atomic E-state index is 0.0153. The number of β-lactam (4-membered cyclic amide) rings is 7. The van der Waals surface area contributed by atoms with Gasteiger partial charge in [-0.25, -0.2) is 0 Å². The molecule has 0 aliphatic carbocycles. The van der Waals surface area contributed by atoms with E-state index in [4.69, 9.17) is 0 Å². The highest BCUT2D eigenvalue weighted by atomic mass is 16.2. The van der Waals surface area contributed by atoms with Gasteiger partial charge >= 0.3 is 0 Å². The summed E-state index contributed by atoms with van der Waals surface area (Å²) in [5.74, 6) is 1.25. The summed E-state index contributed by atoms with van der Waals surface area (Å²) in [7, 11) is 10.5. The summed E-state index contributed by atoms with van der Waals surface area (Å²) in [6.45, 7) is 22.6. The van der Waals surface area contributed by atoms with E-state index in [1.807, 2.05) is 30.6 Å². The molecule has 100 heavy (non-hydrogen) atoms. The Bertz CT molecular complexity index is 3250. The van der Waals surface area contributed by atoms with E-state index in [1.54, 1.807) is 71.7 Å². The summed E-state index contributed by atoms with van der Waals surface area (Å²) in [6.07, 6.45) is 7.99. The number of Topliss-reactive ketones (excluding diaryl/α,β-unsaturated/α-hetero) is 1. The van der Waals surface area contributed by atoms with Crippen molar-refractivity contribution < 1.29 is 76.7 Å². The molecule has 7 unspecified atom stereocenters. The lowest BCUT2D eigenvalue weighted by Gasteiger charge is -2.53.